The standard InChI is InChI=1S/C22H20O/c1-3-15(2)17-9-11-21-19(13-17)20-14-18(10-12-22(20)23-21)16-7-5-4-6-8-16/h4-15H,3H2,1-2H3. The van der Waals surface area contributed by atoms with Gasteiger partial charge in [-0.2, -0.15) is 0 Å². The Morgan fingerprint density at radius 3 is 2.22 bits per heavy atom. The number of hydrogen-bond donors (Lipinski definition) is 0. The van der Waals surface area contributed by atoms with Crippen molar-refractivity contribution in [2.75, 3.05) is 0 Å². The van der Waals surface area contributed by atoms with Crippen LogP contribution in [-0.2, 0) is 0 Å². The second-order valence-electron chi connectivity index (χ2n) is 6.24. The summed E-state index contributed by atoms with van der Waals surface area (Å²) in [7, 11) is 0. The molecule has 1 atom stereocenters. The summed E-state index contributed by atoms with van der Waals surface area (Å²) in [6.07, 6.45) is 1.15. The van der Waals surface area contributed by atoms with Crippen LogP contribution in [0, 0.1) is 0 Å². The van der Waals surface area contributed by atoms with E-state index in [0.29, 0.717) is 5.92 Å². The fraction of sp³-hybridized carbons (Fsp3) is 0.182. The van der Waals surface area contributed by atoms with Gasteiger partial charge in [0.2, 0.25) is 0 Å². The van der Waals surface area contributed by atoms with Gasteiger partial charge in [0.25, 0.3) is 0 Å². The Bertz CT molecular complexity index is 963. The Balaban J connectivity index is 1.93. The molecule has 3 aromatic carbocycles. The highest BCUT2D eigenvalue weighted by Gasteiger charge is 2.11. The minimum atomic E-state index is 0.571. The van der Waals surface area contributed by atoms with E-state index in [0.717, 1.165) is 17.6 Å². The van der Waals surface area contributed by atoms with E-state index in [1.165, 1.54) is 27.5 Å². The van der Waals surface area contributed by atoms with Gasteiger partial charge in [-0.3, -0.25) is 0 Å². The summed E-state index contributed by atoms with van der Waals surface area (Å²) < 4.78 is 6.01. The molecule has 0 aliphatic heterocycles. The van der Waals surface area contributed by atoms with Crippen molar-refractivity contribution in [3.05, 3.63) is 72.3 Å². The first-order valence-corrected chi connectivity index (χ1v) is 8.28. The highest BCUT2D eigenvalue weighted by molar-refractivity contribution is 6.06. The molecule has 0 aliphatic rings. The predicted molar refractivity (Wildman–Crippen MR) is 97.9 cm³/mol. The van der Waals surface area contributed by atoms with Crippen LogP contribution in [0.5, 0.6) is 0 Å². The second-order valence-corrected chi connectivity index (χ2v) is 6.24. The average Bonchev–Trinajstić information content (AvgIpc) is 2.98. The number of fused-ring (bicyclic) bond motifs is 3. The molecule has 1 unspecified atom stereocenters. The quantitative estimate of drug-likeness (QED) is 0.407. The van der Waals surface area contributed by atoms with Crippen LogP contribution in [0.2, 0.25) is 0 Å². The third-order valence-corrected chi connectivity index (χ3v) is 4.78. The average molecular weight is 300 g/mol. The van der Waals surface area contributed by atoms with Crippen LogP contribution < -0.4 is 0 Å². The molecule has 0 radical (unpaired) electrons. The monoisotopic (exact) mass is 300 g/mol. The summed E-state index contributed by atoms with van der Waals surface area (Å²) in [5.74, 6) is 0.571. The minimum absolute atomic E-state index is 0.571. The van der Waals surface area contributed by atoms with Gasteiger partial charge < -0.3 is 4.42 Å². The molecule has 0 saturated heterocycles. The van der Waals surface area contributed by atoms with Crippen molar-refractivity contribution in [1.82, 2.24) is 0 Å². The van der Waals surface area contributed by atoms with Crippen molar-refractivity contribution in [3.8, 4) is 11.1 Å². The Hall–Kier alpha value is -2.54. The Morgan fingerprint density at radius 1 is 0.783 bits per heavy atom. The molecule has 1 heterocycles. The van der Waals surface area contributed by atoms with Crippen LogP contribution >= 0.6 is 0 Å². The zero-order valence-corrected chi connectivity index (χ0v) is 13.5. The normalized spacial score (nSPS) is 12.8. The van der Waals surface area contributed by atoms with E-state index in [2.05, 4.69) is 74.5 Å². The molecule has 0 fully saturated rings. The molecule has 4 rings (SSSR count). The molecule has 0 saturated carbocycles. The van der Waals surface area contributed by atoms with E-state index >= 15 is 0 Å². The van der Waals surface area contributed by atoms with Gasteiger partial charge in [0.05, 0.1) is 0 Å². The Kier molecular flexibility index (Phi) is 3.42. The summed E-state index contributed by atoms with van der Waals surface area (Å²) in [6.45, 7) is 4.51. The molecular weight excluding hydrogens is 280 g/mol. The predicted octanol–water partition coefficient (Wildman–Crippen LogP) is 6.77. The largest absolute Gasteiger partial charge is 0.456 e. The van der Waals surface area contributed by atoms with Crippen LogP contribution in [-0.4, -0.2) is 0 Å². The van der Waals surface area contributed by atoms with Crippen molar-refractivity contribution < 1.29 is 4.42 Å². The van der Waals surface area contributed by atoms with Gasteiger partial charge in [-0.05, 0) is 53.3 Å². The SMILES string of the molecule is CCC(C)c1ccc2oc3ccc(-c4ccccc4)cc3c2c1. The first kappa shape index (κ1) is 14.1. The van der Waals surface area contributed by atoms with Gasteiger partial charge in [-0.1, -0.05) is 56.3 Å². The number of furan rings is 1. The first-order valence-electron chi connectivity index (χ1n) is 8.28. The number of hydrogen-bond acceptors (Lipinski definition) is 1. The maximum atomic E-state index is 6.01. The molecular formula is C22H20O. The molecule has 0 spiro atoms. The molecule has 0 bridgehead atoms. The van der Waals surface area contributed by atoms with E-state index in [1.807, 2.05) is 6.07 Å². The summed E-state index contributed by atoms with van der Waals surface area (Å²) in [5.41, 5.74) is 5.78. The van der Waals surface area contributed by atoms with Crippen LogP contribution in [0.1, 0.15) is 31.7 Å². The smallest absolute Gasteiger partial charge is 0.135 e. The molecule has 0 amide bonds. The van der Waals surface area contributed by atoms with Gasteiger partial charge in [-0.15, -0.1) is 0 Å². The summed E-state index contributed by atoms with van der Waals surface area (Å²) in [5, 5.41) is 2.42. The number of benzene rings is 3. The topological polar surface area (TPSA) is 13.1 Å². The van der Waals surface area contributed by atoms with Crippen LogP contribution in [0.15, 0.2) is 71.1 Å². The third kappa shape index (κ3) is 2.43. The lowest BCUT2D eigenvalue weighted by atomic mass is 9.96. The van der Waals surface area contributed by atoms with E-state index in [-0.39, 0.29) is 0 Å². The Labute approximate surface area is 136 Å². The van der Waals surface area contributed by atoms with E-state index < -0.39 is 0 Å². The Morgan fingerprint density at radius 2 is 1.48 bits per heavy atom. The molecule has 1 aromatic heterocycles. The van der Waals surface area contributed by atoms with Crippen molar-refractivity contribution in [1.29, 1.82) is 0 Å². The van der Waals surface area contributed by atoms with Crippen LogP contribution in [0.4, 0.5) is 0 Å². The lowest BCUT2D eigenvalue weighted by Crippen LogP contribution is -1.89. The lowest BCUT2D eigenvalue weighted by Gasteiger charge is -2.08. The maximum Gasteiger partial charge on any atom is 0.135 e. The molecule has 0 aliphatic carbocycles. The highest BCUT2D eigenvalue weighted by atomic mass is 16.3. The first-order chi connectivity index (χ1) is 11.3. The summed E-state index contributed by atoms with van der Waals surface area (Å²) in [4.78, 5) is 0. The molecule has 4 aromatic rings. The molecule has 0 N–H and O–H groups in total. The van der Waals surface area contributed by atoms with Gasteiger partial charge in [0.15, 0.2) is 0 Å². The fourth-order valence-electron chi connectivity index (χ4n) is 3.15. The number of rotatable bonds is 3. The molecule has 23 heavy (non-hydrogen) atoms. The van der Waals surface area contributed by atoms with Gasteiger partial charge >= 0.3 is 0 Å². The zero-order chi connectivity index (χ0) is 15.8. The maximum absolute atomic E-state index is 6.01. The van der Waals surface area contributed by atoms with E-state index in [4.69, 9.17) is 4.42 Å². The molecule has 114 valence electrons. The van der Waals surface area contributed by atoms with E-state index in [9.17, 15) is 0 Å². The van der Waals surface area contributed by atoms with Crippen molar-refractivity contribution in [2.45, 2.75) is 26.2 Å². The summed E-state index contributed by atoms with van der Waals surface area (Å²) >= 11 is 0. The highest BCUT2D eigenvalue weighted by Crippen LogP contribution is 2.34. The summed E-state index contributed by atoms with van der Waals surface area (Å²) in [6, 6.07) is 23.6. The minimum Gasteiger partial charge on any atom is -0.456 e. The van der Waals surface area contributed by atoms with Crippen LogP contribution in [0.25, 0.3) is 33.1 Å². The van der Waals surface area contributed by atoms with E-state index in [1.54, 1.807) is 0 Å². The second kappa shape index (κ2) is 5.58. The van der Waals surface area contributed by atoms with Crippen molar-refractivity contribution in [2.24, 2.45) is 0 Å². The van der Waals surface area contributed by atoms with Crippen molar-refractivity contribution >= 4 is 21.9 Å². The van der Waals surface area contributed by atoms with Gasteiger partial charge in [0, 0.05) is 10.8 Å². The fourth-order valence-corrected chi connectivity index (χ4v) is 3.15. The lowest BCUT2D eigenvalue weighted by molar-refractivity contribution is 0.668. The third-order valence-electron chi connectivity index (χ3n) is 4.78. The molecule has 1 nitrogen and oxygen atoms in total. The van der Waals surface area contributed by atoms with Crippen LogP contribution in [0.3, 0.4) is 0 Å². The zero-order valence-electron chi connectivity index (χ0n) is 13.5. The van der Waals surface area contributed by atoms with Gasteiger partial charge in [0.1, 0.15) is 11.2 Å². The van der Waals surface area contributed by atoms with Gasteiger partial charge in [-0.25, -0.2) is 0 Å². The molecule has 1 heteroatoms. The van der Waals surface area contributed by atoms with Crippen molar-refractivity contribution in [3.63, 3.8) is 0 Å².